The molecule has 0 spiro atoms. The molecular formula is C31H33N7O3. The summed E-state index contributed by atoms with van der Waals surface area (Å²) in [7, 11) is 4.03. The number of nitrogens with one attached hydrogen (secondary N) is 1. The molecule has 0 radical (unpaired) electrons. The molecule has 0 atom stereocenters. The van der Waals surface area contributed by atoms with E-state index >= 15 is 0 Å². The van der Waals surface area contributed by atoms with Gasteiger partial charge in [-0.25, -0.2) is 9.97 Å². The maximum atomic E-state index is 13.4. The van der Waals surface area contributed by atoms with Gasteiger partial charge in [-0.15, -0.1) is 0 Å². The SMILES string of the molecule is Cc1cc(NC(=O)c2cc(Oc3nc(-c4ccoc4)nc4c3ncn4C)ccc2C)ccc1CN1CCN(C)CC1. The van der Waals surface area contributed by atoms with Crippen molar-refractivity contribution in [2.75, 3.05) is 38.5 Å². The van der Waals surface area contributed by atoms with Crippen LogP contribution < -0.4 is 10.1 Å². The van der Waals surface area contributed by atoms with Crippen molar-refractivity contribution in [3.8, 4) is 23.0 Å². The van der Waals surface area contributed by atoms with E-state index in [1.54, 1.807) is 35.6 Å². The van der Waals surface area contributed by atoms with E-state index in [1.165, 1.54) is 5.56 Å². The molecule has 0 bridgehead atoms. The minimum Gasteiger partial charge on any atom is -0.472 e. The number of piperazine rings is 1. The number of likely N-dealkylation sites (N-methyl/N-ethyl adjacent to an activating group) is 1. The summed E-state index contributed by atoms with van der Waals surface area (Å²) in [5.41, 5.74) is 6.43. The summed E-state index contributed by atoms with van der Waals surface area (Å²) >= 11 is 0. The number of nitrogens with zero attached hydrogens (tertiary/aromatic N) is 6. The van der Waals surface area contributed by atoms with Crippen LogP contribution in [0.25, 0.3) is 22.6 Å². The minimum atomic E-state index is -0.205. The van der Waals surface area contributed by atoms with Gasteiger partial charge in [0.25, 0.3) is 11.8 Å². The van der Waals surface area contributed by atoms with Crippen LogP contribution in [-0.2, 0) is 13.6 Å². The summed E-state index contributed by atoms with van der Waals surface area (Å²) < 4.78 is 13.2. The third kappa shape index (κ3) is 5.70. The molecule has 1 amide bonds. The average molecular weight is 552 g/mol. The number of carbonyl (C=O) groups is 1. The number of imidazole rings is 1. The van der Waals surface area contributed by atoms with Gasteiger partial charge in [-0.3, -0.25) is 9.69 Å². The van der Waals surface area contributed by atoms with E-state index in [-0.39, 0.29) is 5.91 Å². The number of hydrogen-bond acceptors (Lipinski definition) is 8. The minimum absolute atomic E-state index is 0.205. The second kappa shape index (κ2) is 11.1. The van der Waals surface area contributed by atoms with Gasteiger partial charge in [0.05, 0.1) is 18.2 Å². The molecule has 2 aromatic carbocycles. The van der Waals surface area contributed by atoms with Gasteiger partial charge in [0.1, 0.15) is 12.0 Å². The molecule has 1 aliphatic heterocycles. The fourth-order valence-electron chi connectivity index (χ4n) is 4.99. The summed E-state index contributed by atoms with van der Waals surface area (Å²) in [6.07, 6.45) is 4.81. The van der Waals surface area contributed by atoms with Crippen LogP contribution in [0.1, 0.15) is 27.0 Å². The second-order valence-corrected chi connectivity index (χ2v) is 10.6. The van der Waals surface area contributed by atoms with Gasteiger partial charge >= 0.3 is 0 Å². The van der Waals surface area contributed by atoms with Gasteiger partial charge in [0.2, 0.25) is 0 Å². The van der Waals surface area contributed by atoms with Crippen LogP contribution in [0.5, 0.6) is 11.6 Å². The first-order valence-electron chi connectivity index (χ1n) is 13.7. The van der Waals surface area contributed by atoms with E-state index in [9.17, 15) is 4.79 Å². The summed E-state index contributed by atoms with van der Waals surface area (Å²) in [4.78, 5) is 31.9. The van der Waals surface area contributed by atoms with Gasteiger partial charge in [-0.1, -0.05) is 12.1 Å². The van der Waals surface area contributed by atoms with Crippen molar-refractivity contribution in [1.82, 2.24) is 29.3 Å². The van der Waals surface area contributed by atoms with Crippen molar-refractivity contribution in [3.63, 3.8) is 0 Å². The molecule has 0 unspecified atom stereocenters. The maximum absolute atomic E-state index is 13.4. The number of fused-ring (bicyclic) bond motifs is 1. The smallest absolute Gasteiger partial charge is 0.256 e. The monoisotopic (exact) mass is 551 g/mol. The van der Waals surface area contributed by atoms with Crippen LogP contribution in [0.15, 0.2) is 65.7 Å². The third-order valence-electron chi connectivity index (χ3n) is 7.57. The Morgan fingerprint density at radius 2 is 1.83 bits per heavy atom. The van der Waals surface area contributed by atoms with Gasteiger partial charge in [-0.2, -0.15) is 4.98 Å². The molecule has 6 rings (SSSR count). The van der Waals surface area contributed by atoms with Crippen molar-refractivity contribution in [2.45, 2.75) is 20.4 Å². The predicted octanol–water partition coefficient (Wildman–Crippen LogP) is 5.03. The number of carbonyl (C=O) groups excluding carboxylic acids is 1. The van der Waals surface area contributed by atoms with Crippen molar-refractivity contribution < 1.29 is 13.9 Å². The van der Waals surface area contributed by atoms with Gasteiger partial charge < -0.3 is 23.9 Å². The van der Waals surface area contributed by atoms with E-state index in [0.29, 0.717) is 34.2 Å². The Hall–Kier alpha value is -4.54. The molecule has 10 nitrogen and oxygen atoms in total. The third-order valence-corrected chi connectivity index (χ3v) is 7.57. The quantitative estimate of drug-likeness (QED) is 0.301. The van der Waals surface area contributed by atoms with Crippen LogP contribution in [0, 0.1) is 13.8 Å². The van der Waals surface area contributed by atoms with E-state index in [1.807, 2.05) is 38.2 Å². The van der Waals surface area contributed by atoms with Crippen molar-refractivity contribution in [1.29, 1.82) is 0 Å². The number of amides is 1. The molecule has 1 aliphatic rings. The topological polar surface area (TPSA) is 102 Å². The van der Waals surface area contributed by atoms with Crippen LogP contribution >= 0.6 is 0 Å². The van der Waals surface area contributed by atoms with E-state index < -0.39 is 0 Å². The first kappa shape index (κ1) is 26.7. The van der Waals surface area contributed by atoms with E-state index in [2.05, 4.69) is 50.1 Å². The Labute approximate surface area is 238 Å². The first-order chi connectivity index (χ1) is 19.8. The fourth-order valence-corrected chi connectivity index (χ4v) is 4.99. The van der Waals surface area contributed by atoms with Gasteiger partial charge in [-0.05, 0) is 67.9 Å². The number of anilines is 1. The zero-order valence-corrected chi connectivity index (χ0v) is 23.7. The maximum Gasteiger partial charge on any atom is 0.256 e. The molecule has 0 aliphatic carbocycles. The van der Waals surface area contributed by atoms with Crippen molar-refractivity contribution in [2.24, 2.45) is 7.05 Å². The lowest BCUT2D eigenvalue weighted by atomic mass is 10.1. The molecule has 4 heterocycles. The molecule has 5 aromatic rings. The van der Waals surface area contributed by atoms with Gasteiger partial charge in [0, 0.05) is 51.0 Å². The standard InChI is InChI=1S/C31H33N7O3/c1-20-5-8-25(41-31-27-29(37(4)19-32-27)34-28(35-31)23-9-14-40-18-23)16-26(20)30(39)33-24-7-6-22(21(2)15-24)17-38-12-10-36(3)11-13-38/h5-9,14-16,18-19H,10-13,17H2,1-4H3,(H,33,39). The summed E-state index contributed by atoms with van der Waals surface area (Å²) in [6, 6.07) is 13.3. The highest BCUT2D eigenvalue weighted by Gasteiger charge is 2.18. The van der Waals surface area contributed by atoms with Crippen LogP contribution in [0.2, 0.25) is 0 Å². The summed E-state index contributed by atoms with van der Waals surface area (Å²) in [5.74, 6) is 1.03. The number of ether oxygens (including phenoxy) is 1. The average Bonchev–Trinajstić information content (AvgIpc) is 3.63. The summed E-state index contributed by atoms with van der Waals surface area (Å²) in [5, 5.41) is 3.06. The lowest BCUT2D eigenvalue weighted by molar-refractivity contribution is 0.102. The number of furan rings is 1. The lowest BCUT2D eigenvalue weighted by Gasteiger charge is -2.32. The van der Waals surface area contributed by atoms with E-state index in [0.717, 1.165) is 55.1 Å². The Kier molecular flexibility index (Phi) is 7.25. The number of hydrogen-bond donors (Lipinski definition) is 1. The molecular weight excluding hydrogens is 518 g/mol. The molecule has 210 valence electrons. The zero-order valence-electron chi connectivity index (χ0n) is 23.7. The fraction of sp³-hybridized carbons (Fsp3) is 0.290. The highest BCUT2D eigenvalue weighted by molar-refractivity contribution is 6.05. The van der Waals surface area contributed by atoms with E-state index in [4.69, 9.17) is 9.15 Å². The Morgan fingerprint density at radius 3 is 2.59 bits per heavy atom. The molecule has 10 heteroatoms. The number of aromatic nitrogens is 4. The van der Waals surface area contributed by atoms with Crippen LogP contribution in [0.3, 0.4) is 0 Å². The van der Waals surface area contributed by atoms with Crippen molar-refractivity contribution in [3.05, 3.63) is 83.6 Å². The molecule has 41 heavy (non-hydrogen) atoms. The lowest BCUT2D eigenvalue weighted by Crippen LogP contribution is -2.43. The molecule has 1 fully saturated rings. The number of benzene rings is 2. The first-order valence-corrected chi connectivity index (χ1v) is 13.7. The number of aryl methyl sites for hydroxylation is 3. The molecule has 0 saturated carbocycles. The second-order valence-electron chi connectivity index (χ2n) is 10.6. The van der Waals surface area contributed by atoms with Crippen molar-refractivity contribution >= 4 is 22.8 Å². The highest BCUT2D eigenvalue weighted by atomic mass is 16.5. The highest BCUT2D eigenvalue weighted by Crippen LogP contribution is 2.30. The van der Waals surface area contributed by atoms with Crippen LogP contribution in [-0.4, -0.2) is 68.5 Å². The van der Waals surface area contributed by atoms with Crippen LogP contribution in [0.4, 0.5) is 5.69 Å². The Morgan fingerprint density at radius 1 is 1.00 bits per heavy atom. The predicted molar refractivity (Wildman–Crippen MR) is 157 cm³/mol. The molecule has 1 N–H and O–H groups in total. The van der Waals surface area contributed by atoms with Gasteiger partial charge in [0.15, 0.2) is 17.0 Å². The molecule has 3 aromatic heterocycles. The zero-order chi connectivity index (χ0) is 28.5. The number of rotatable bonds is 7. The Bertz CT molecular complexity index is 1700. The normalized spacial score (nSPS) is 14.4. The summed E-state index contributed by atoms with van der Waals surface area (Å²) in [6.45, 7) is 9.23. The Balaban J connectivity index is 1.21. The molecule has 1 saturated heterocycles. The largest absolute Gasteiger partial charge is 0.472 e.